The number of hydrogen-bond donors (Lipinski definition) is 1. The number of fused-ring (bicyclic) bond motifs is 1. The highest BCUT2D eigenvalue weighted by molar-refractivity contribution is 8.00. The van der Waals surface area contributed by atoms with Gasteiger partial charge in [0.25, 0.3) is 0 Å². The molecule has 0 aliphatic rings. The van der Waals surface area contributed by atoms with Crippen LogP contribution in [0.3, 0.4) is 0 Å². The van der Waals surface area contributed by atoms with Gasteiger partial charge >= 0.3 is 0 Å². The maximum Gasteiger partial charge on any atom is 0.237 e. The topological polar surface area (TPSA) is 59.3 Å². The first-order valence-corrected chi connectivity index (χ1v) is 8.81. The van der Waals surface area contributed by atoms with Gasteiger partial charge in [-0.25, -0.2) is 0 Å². The van der Waals surface area contributed by atoms with Gasteiger partial charge in [0, 0.05) is 11.9 Å². The first kappa shape index (κ1) is 17.1. The summed E-state index contributed by atoms with van der Waals surface area (Å²) in [5.74, 6) is -0.117. The molecule has 2 heterocycles. The molecular formula is C16H14Cl2N4OS. The highest BCUT2D eigenvalue weighted by Crippen LogP contribution is 2.27. The van der Waals surface area contributed by atoms with Crippen LogP contribution < -0.4 is 5.32 Å². The number of nitrogens with zero attached hydrogens (tertiary/aromatic N) is 3. The van der Waals surface area contributed by atoms with Crippen LogP contribution in [0, 0.1) is 6.92 Å². The molecule has 0 aliphatic carbocycles. The predicted octanol–water partition coefficient (Wildman–Crippen LogP) is 4.46. The number of nitrogens with one attached hydrogen (secondary N) is 1. The molecule has 24 heavy (non-hydrogen) atoms. The second-order valence-corrected chi connectivity index (χ2v) is 7.45. The van der Waals surface area contributed by atoms with Crippen LogP contribution in [-0.2, 0) is 4.79 Å². The van der Waals surface area contributed by atoms with Gasteiger partial charge in [0.2, 0.25) is 5.91 Å². The highest BCUT2D eigenvalue weighted by Gasteiger charge is 2.19. The monoisotopic (exact) mass is 380 g/mol. The number of benzene rings is 1. The third-order valence-electron chi connectivity index (χ3n) is 3.37. The van der Waals surface area contributed by atoms with Crippen molar-refractivity contribution in [3.05, 3.63) is 52.1 Å². The van der Waals surface area contributed by atoms with Crippen LogP contribution in [-0.4, -0.2) is 25.8 Å². The van der Waals surface area contributed by atoms with E-state index < -0.39 is 0 Å². The van der Waals surface area contributed by atoms with Crippen molar-refractivity contribution in [1.82, 2.24) is 14.6 Å². The van der Waals surface area contributed by atoms with Gasteiger partial charge in [-0.05, 0) is 32.0 Å². The Morgan fingerprint density at radius 3 is 2.67 bits per heavy atom. The van der Waals surface area contributed by atoms with Crippen molar-refractivity contribution in [2.24, 2.45) is 0 Å². The van der Waals surface area contributed by atoms with Crippen LogP contribution >= 0.6 is 35.0 Å². The van der Waals surface area contributed by atoms with Gasteiger partial charge < -0.3 is 5.32 Å². The molecule has 1 amide bonds. The van der Waals surface area contributed by atoms with Gasteiger partial charge in [-0.15, -0.1) is 10.2 Å². The van der Waals surface area contributed by atoms with Crippen molar-refractivity contribution in [3.8, 4) is 0 Å². The lowest BCUT2D eigenvalue weighted by Crippen LogP contribution is -2.22. The Labute approximate surface area is 153 Å². The molecule has 0 spiro atoms. The summed E-state index contributed by atoms with van der Waals surface area (Å²) in [7, 11) is 0. The van der Waals surface area contributed by atoms with E-state index >= 15 is 0 Å². The minimum atomic E-state index is -0.364. The first-order valence-electron chi connectivity index (χ1n) is 7.18. The van der Waals surface area contributed by atoms with E-state index in [-0.39, 0.29) is 11.2 Å². The summed E-state index contributed by atoms with van der Waals surface area (Å²) < 4.78 is 1.69. The van der Waals surface area contributed by atoms with E-state index in [1.165, 1.54) is 11.8 Å². The normalized spacial score (nSPS) is 12.3. The summed E-state index contributed by atoms with van der Waals surface area (Å²) in [4.78, 5) is 12.4. The summed E-state index contributed by atoms with van der Waals surface area (Å²) in [6.07, 6.45) is 1.68. The molecule has 0 bridgehead atoms. The molecule has 124 valence electrons. The third-order valence-corrected chi connectivity index (χ3v) is 4.91. The zero-order valence-electron chi connectivity index (χ0n) is 13.0. The fraction of sp³-hybridized carbons (Fsp3) is 0.188. The molecule has 3 rings (SSSR count). The van der Waals surface area contributed by atoms with E-state index in [1.54, 1.807) is 23.6 Å². The Bertz CT molecular complexity index is 895. The summed E-state index contributed by atoms with van der Waals surface area (Å²) in [6, 6.07) is 9.25. The van der Waals surface area contributed by atoms with Crippen LogP contribution in [0.15, 0.2) is 41.7 Å². The SMILES string of the molecule is Cc1ccc(NC(=O)[C@H](C)Sc2nnc3c(Cl)cc(Cl)cn23)cc1. The van der Waals surface area contributed by atoms with E-state index in [0.29, 0.717) is 20.8 Å². The van der Waals surface area contributed by atoms with Gasteiger partial charge in [-0.1, -0.05) is 52.7 Å². The second kappa shape index (κ2) is 7.01. The van der Waals surface area contributed by atoms with E-state index in [2.05, 4.69) is 15.5 Å². The first-order chi connectivity index (χ1) is 11.4. The van der Waals surface area contributed by atoms with Gasteiger partial charge in [-0.3, -0.25) is 9.20 Å². The molecule has 3 aromatic rings. The van der Waals surface area contributed by atoms with Crippen LogP contribution in [0.1, 0.15) is 12.5 Å². The number of carbonyl (C=O) groups is 1. The number of aromatic nitrogens is 3. The molecule has 0 fully saturated rings. The van der Waals surface area contributed by atoms with Crippen molar-refractivity contribution < 1.29 is 4.79 Å². The van der Waals surface area contributed by atoms with Gasteiger partial charge in [0.1, 0.15) is 0 Å². The quantitative estimate of drug-likeness (QED) is 0.678. The summed E-state index contributed by atoms with van der Waals surface area (Å²) in [5.41, 5.74) is 2.41. The number of rotatable bonds is 4. The average Bonchev–Trinajstić information content (AvgIpc) is 2.92. The van der Waals surface area contributed by atoms with Crippen LogP contribution in [0.5, 0.6) is 0 Å². The Morgan fingerprint density at radius 2 is 1.96 bits per heavy atom. The highest BCUT2D eigenvalue weighted by atomic mass is 35.5. The molecule has 0 saturated carbocycles. The zero-order valence-corrected chi connectivity index (χ0v) is 15.3. The van der Waals surface area contributed by atoms with E-state index in [1.807, 2.05) is 31.2 Å². The Hall–Kier alpha value is -1.76. The summed E-state index contributed by atoms with van der Waals surface area (Å²) in [6.45, 7) is 3.80. The lowest BCUT2D eigenvalue weighted by molar-refractivity contribution is -0.115. The molecule has 2 aromatic heterocycles. The zero-order chi connectivity index (χ0) is 17.3. The molecule has 1 N–H and O–H groups in total. The number of aryl methyl sites for hydroxylation is 1. The van der Waals surface area contributed by atoms with Gasteiger partial charge in [0.15, 0.2) is 10.8 Å². The number of anilines is 1. The minimum Gasteiger partial charge on any atom is -0.325 e. The van der Waals surface area contributed by atoms with Crippen molar-refractivity contribution in [2.45, 2.75) is 24.3 Å². The minimum absolute atomic E-state index is 0.117. The molecule has 0 unspecified atom stereocenters. The fourth-order valence-corrected chi connectivity index (χ4v) is 3.41. The lowest BCUT2D eigenvalue weighted by atomic mass is 10.2. The standard InChI is InChI=1S/C16H14Cl2N4OS/c1-9-3-5-12(6-4-9)19-15(23)10(2)24-16-21-20-14-13(18)7-11(17)8-22(14)16/h3-8,10H,1-2H3,(H,19,23)/t10-/m0/s1. The molecule has 8 heteroatoms. The number of carbonyl (C=O) groups excluding carboxylic acids is 1. The second-order valence-electron chi connectivity index (χ2n) is 5.30. The smallest absolute Gasteiger partial charge is 0.237 e. The molecular weight excluding hydrogens is 367 g/mol. The summed E-state index contributed by atoms with van der Waals surface area (Å²) >= 11 is 13.4. The number of amides is 1. The largest absolute Gasteiger partial charge is 0.325 e. The number of hydrogen-bond acceptors (Lipinski definition) is 4. The number of halogens is 2. The fourth-order valence-electron chi connectivity index (χ4n) is 2.08. The van der Waals surface area contributed by atoms with E-state index in [0.717, 1.165) is 11.3 Å². The van der Waals surface area contributed by atoms with Crippen molar-refractivity contribution in [1.29, 1.82) is 0 Å². The van der Waals surface area contributed by atoms with Gasteiger partial charge in [0.05, 0.1) is 15.3 Å². The molecule has 0 aliphatic heterocycles. The van der Waals surface area contributed by atoms with Crippen molar-refractivity contribution in [3.63, 3.8) is 0 Å². The van der Waals surface area contributed by atoms with E-state index in [9.17, 15) is 4.79 Å². The molecule has 1 aromatic carbocycles. The Morgan fingerprint density at radius 1 is 1.25 bits per heavy atom. The molecule has 0 radical (unpaired) electrons. The molecule has 1 atom stereocenters. The van der Waals surface area contributed by atoms with Crippen molar-refractivity contribution >= 4 is 52.2 Å². The van der Waals surface area contributed by atoms with Crippen LogP contribution in [0.4, 0.5) is 5.69 Å². The van der Waals surface area contributed by atoms with Gasteiger partial charge in [-0.2, -0.15) is 0 Å². The number of thioether (sulfide) groups is 1. The molecule has 5 nitrogen and oxygen atoms in total. The van der Waals surface area contributed by atoms with Crippen molar-refractivity contribution in [2.75, 3.05) is 5.32 Å². The van der Waals surface area contributed by atoms with E-state index in [4.69, 9.17) is 23.2 Å². The average molecular weight is 381 g/mol. The van der Waals surface area contributed by atoms with Crippen LogP contribution in [0.2, 0.25) is 10.0 Å². The summed E-state index contributed by atoms with van der Waals surface area (Å²) in [5, 5.41) is 12.1. The molecule has 0 saturated heterocycles. The lowest BCUT2D eigenvalue weighted by Gasteiger charge is -2.11. The van der Waals surface area contributed by atoms with Crippen LogP contribution in [0.25, 0.3) is 5.65 Å². The Balaban J connectivity index is 1.75. The number of pyridine rings is 1. The Kier molecular flexibility index (Phi) is 4.99. The maximum atomic E-state index is 12.4. The maximum absolute atomic E-state index is 12.4. The third kappa shape index (κ3) is 3.66. The predicted molar refractivity (Wildman–Crippen MR) is 98.1 cm³/mol.